The third kappa shape index (κ3) is 2.16. The molecule has 1 fully saturated rings. The SMILES string of the molecule is CC1(C)OB(C(N)c2cccnc2F)OC1(C)C. The van der Waals surface area contributed by atoms with Crippen LogP contribution in [0.1, 0.15) is 39.2 Å². The van der Waals surface area contributed by atoms with Gasteiger partial charge in [-0.1, -0.05) is 6.07 Å². The number of nitrogens with two attached hydrogens (primary N) is 1. The van der Waals surface area contributed by atoms with Gasteiger partial charge in [0, 0.05) is 11.8 Å². The van der Waals surface area contributed by atoms with Gasteiger partial charge in [-0.2, -0.15) is 4.39 Å². The molecule has 1 unspecified atom stereocenters. The highest BCUT2D eigenvalue weighted by Crippen LogP contribution is 2.39. The van der Waals surface area contributed by atoms with Crippen molar-refractivity contribution in [2.45, 2.75) is 44.8 Å². The lowest BCUT2D eigenvalue weighted by Gasteiger charge is -2.32. The molecular weight excluding hydrogens is 234 g/mol. The minimum Gasteiger partial charge on any atom is -0.402 e. The number of rotatable bonds is 2. The molecule has 0 radical (unpaired) electrons. The molecule has 1 saturated heterocycles. The minimum atomic E-state index is -0.695. The molecule has 18 heavy (non-hydrogen) atoms. The van der Waals surface area contributed by atoms with Crippen molar-refractivity contribution >= 4 is 7.12 Å². The summed E-state index contributed by atoms with van der Waals surface area (Å²) in [5, 5.41) is 0. The van der Waals surface area contributed by atoms with Crippen molar-refractivity contribution in [3.63, 3.8) is 0 Å². The first-order chi connectivity index (χ1) is 8.24. The predicted octanol–water partition coefficient (Wildman–Crippen LogP) is 1.85. The number of hydrogen-bond acceptors (Lipinski definition) is 4. The highest BCUT2D eigenvalue weighted by Gasteiger charge is 2.53. The molecule has 0 bridgehead atoms. The van der Waals surface area contributed by atoms with Crippen molar-refractivity contribution < 1.29 is 13.7 Å². The van der Waals surface area contributed by atoms with E-state index in [1.54, 1.807) is 12.1 Å². The highest BCUT2D eigenvalue weighted by atomic mass is 19.1. The van der Waals surface area contributed by atoms with Gasteiger partial charge >= 0.3 is 7.12 Å². The zero-order chi connectivity index (χ0) is 13.6. The maximum atomic E-state index is 13.6. The molecule has 98 valence electrons. The zero-order valence-electron chi connectivity index (χ0n) is 11.1. The Morgan fingerprint density at radius 1 is 1.28 bits per heavy atom. The molecule has 0 saturated carbocycles. The number of pyridine rings is 1. The van der Waals surface area contributed by atoms with E-state index in [1.165, 1.54) is 6.20 Å². The van der Waals surface area contributed by atoms with Crippen molar-refractivity contribution in [1.82, 2.24) is 4.98 Å². The van der Waals surface area contributed by atoms with Crippen molar-refractivity contribution in [3.05, 3.63) is 29.8 Å². The summed E-state index contributed by atoms with van der Waals surface area (Å²) >= 11 is 0. The van der Waals surface area contributed by atoms with E-state index in [0.29, 0.717) is 5.56 Å². The third-order valence-corrected chi connectivity index (χ3v) is 3.71. The van der Waals surface area contributed by atoms with Gasteiger partial charge in [0.25, 0.3) is 0 Å². The van der Waals surface area contributed by atoms with Crippen molar-refractivity contribution in [3.8, 4) is 0 Å². The van der Waals surface area contributed by atoms with E-state index in [1.807, 2.05) is 27.7 Å². The average Bonchev–Trinajstić information content (AvgIpc) is 2.48. The monoisotopic (exact) mass is 252 g/mol. The Morgan fingerprint density at radius 3 is 2.33 bits per heavy atom. The molecular formula is C12H18BFN2O2. The van der Waals surface area contributed by atoms with Crippen molar-refractivity contribution in [2.24, 2.45) is 5.73 Å². The second kappa shape index (κ2) is 4.29. The van der Waals surface area contributed by atoms with E-state index in [-0.39, 0.29) is 0 Å². The molecule has 0 aromatic carbocycles. The summed E-state index contributed by atoms with van der Waals surface area (Å²) in [6.45, 7) is 7.72. The predicted molar refractivity (Wildman–Crippen MR) is 67.2 cm³/mol. The molecule has 2 rings (SSSR count). The first kappa shape index (κ1) is 13.5. The summed E-state index contributed by atoms with van der Waals surface area (Å²) in [7, 11) is -0.673. The summed E-state index contributed by atoms with van der Waals surface area (Å²) in [5.41, 5.74) is 5.36. The van der Waals surface area contributed by atoms with Crippen LogP contribution >= 0.6 is 0 Å². The van der Waals surface area contributed by atoms with Crippen molar-refractivity contribution in [2.75, 3.05) is 0 Å². The molecule has 1 aromatic heterocycles. The van der Waals surface area contributed by atoms with Gasteiger partial charge in [0.2, 0.25) is 5.95 Å². The van der Waals surface area contributed by atoms with Crippen LogP contribution in [-0.2, 0) is 9.31 Å². The average molecular weight is 252 g/mol. The maximum Gasteiger partial charge on any atom is 0.480 e. The van der Waals surface area contributed by atoms with E-state index in [9.17, 15) is 4.39 Å². The second-order valence-corrected chi connectivity index (χ2v) is 5.53. The minimum absolute atomic E-state index is 0.302. The second-order valence-electron chi connectivity index (χ2n) is 5.53. The van der Waals surface area contributed by atoms with E-state index in [0.717, 1.165) is 0 Å². The molecule has 1 aliphatic heterocycles. The largest absolute Gasteiger partial charge is 0.480 e. The molecule has 0 amide bonds. The Morgan fingerprint density at radius 2 is 1.83 bits per heavy atom. The van der Waals surface area contributed by atoms with Crippen LogP contribution in [0, 0.1) is 5.95 Å². The summed E-state index contributed by atoms with van der Waals surface area (Å²) < 4.78 is 25.2. The van der Waals surface area contributed by atoms with Gasteiger partial charge in [-0.25, -0.2) is 4.98 Å². The van der Waals surface area contributed by atoms with Crippen molar-refractivity contribution in [1.29, 1.82) is 0 Å². The van der Waals surface area contributed by atoms with Crippen LogP contribution in [0.25, 0.3) is 0 Å². The smallest absolute Gasteiger partial charge is 0.402 e. The normalized spacial score (nSPS) is 23.1. The van der Waals surface area contributed by atoms with Gasteiger partial charge in [0.1, 0.15) is 0 Å². The summed E-state index contributed by atoms with van der Waals surface area (Å²) in [4.78, 5) is 3.59. The van der Waals surface area contributed by atoms with Gasteiger partial charge in [0.15, 0.2) is 0 Å². The van der Waals surface area contributed by atoms with Crippen LogP contribution in [0.15, 0.2) is 18.3 Å². The summed E-state index contributed by atoms with van der Waals surface area (Å²) in [6.07, 6.45) is 1.38. The van der Waals surface area contributed by atoms with Gasteiger partial charge in [-0.15, -0.1) is 0 Å². The Hall–Kier alpha value is -0.975. The molecule has 1 aliphatic rings. The van der Waals surface area contributed by atoms with E-state index in [2.05, 4.69) is 4.98 Å². The van der Waals surface area contributed by atoms with Crippen LogP contribution in [-0.4, -0.2) is 23.3 Å². The topological polar surface area (TPSA) is 57.4 Å². The quantitative estimate of drug-likeness (QED) is 0.644. The fourth-order valence-corrected chi connectivity index (χ4v) is 1.83. The molecule has 1 aromatic rings. The van der Waals surface area contributed by atoms with Crippen LogP contribution in [0.4, 0.5) is 4.39 Å². The Kier molecular flexibility index (Phi) is 3.21. The Balaban J connectivity index is 2.23. The van der Waals surface area contributed by atoms with Crippen LogP contribution in [0.5, 0.6) is 0 Å². The summed E-state index contributed by atoms with van der Waals surface area (Å²) in [5.74, 6) is -1.28. The van der Waals surface area contributed by atoms with E-state index >= 15 is 0 Å². The molecule has 2 N–H and O–H groups in total. The van der Waals surface area contributed by atoms with Gasteiger partial charge in [-0.05, 0) is 33.8 Å². The van der Waals surface area contributed by atoms with E-state index in [4.69, 9.17) is 15.0 Å². The molecule has 0 aliphatic carbocycles. The lowest BCUT2D eigenvalue weighted by atomic mass is 9.75. The zero-order valence-corrected chi connectivity index (χ0v) is 11.1. The van der Waals surface area contributed by atoms with Crippen LogP contribution in [0.2, 0.25) is 0 Å². The standard InChI is InChI=1S/C12H18BFN2O2/c1-11(2)12(3,4)18-13(17-11)9(15)8-6-5-7-16-10(8)14/h5-7,9H,15H2,1-4H3. The lowest BCUT2D eigenvalue weighted by Crippen LogP contribution is -2.41. The molecule has 6 heteroatoms. The molecule has 1 atom stereocenters. The number of halogens is 1. The highest BCUT2D eigenvalue weighted by molar-refractivity contribution is 6.47. The Bertz CT molecular complexity index is 437. The molecule has 0 spiro atoms. The number of nitrogens with zero attached hydrogens (tertiary/aromatic N) is 1. The summed E-state index contributed by atoms with van der Waals surface area (Å²) in [6, 6.07) is 3.24. The third-order valence-electron chi connectivity index (χ3n) is 3.71. The number of hydrogen-bond donors (Lipinski definition) is 1. The molecule has 2 heterocycles. The molecule has 4 nitrogen and oxygen atoms in total. The fraction of sp³-hybridized carbons (Fsp3) is 0.583. The van der Waals surface area contributed by atoms with Gasteiger partial charge < -0.3 is 15.0 Å². The van der Waals surface area contributed by atoms with Gasteiger partial charge in [0.05, 0.1) is 17.1 Å². The van der Waals surface area contributed by atoms with Gasteiger partial charge in [-0.3, -0.25) is 0 Å². The first-order valence-corrected chi connectivity index (χ1v) is 5.96. The van der Waals surface area contributed by atoms with Crippen LogP contribution in [0.3, 0.4) is 0 Å². The fourth-order valence-electron chi connectivity index (χ4n) is 1.83. The maximum absolute atomic E-state index is 13.6. The Labute approximate surface area is 107 Å². The van der Waals surface area contributed by atoms with Crippen LogP contribution < -0.4 is 5.73 Å². The first-order valence-electron chi connectivity index (χ1n) is 5.96. The lowest BCUT2D eigenvalue weighted by molar-refractivity contribution is 0.00578. The number of aromatic nitrogens is 1. The van der Waals surface area contributed by atoms with E-state index < -0.39 is 30.2 Å².